The Morgan fingerprint density at radius 3 is 2.33 bits per heavy atom. The number of carbonyl (C=O) groups excluding carboxylic acids is 2. The van der Waals surface area contributed by atoms with Crippen LogP contribution in [0.2, 0.25) is 5.02 Å². The van der Waals surface area contributed by atoms with E-state index in [1.54, 1.807) is 30.0 Å². The minimum Gasteiger partial charge on any atom is -0.338 e. The van der Waals surface area contributed by atoms with E-state index in [1.807, 2.05) is 30.3 Å². The van der Waals surface area contributed by atoms with Gasteiger partial charge in [-0.3, -0.25) is 4.79 Å². The third-order valence-electron chi connectivity index (χ3n) is 6.67. The number of urea groups is 1. The van der Waals surface area contributed by atoms with Gasteiger partial charge in [-0.05, 0) is 36.0 Å². The first-order valence-corrected chi connectivity index (χ1v) is 11.7. The van der Waals surface area contributed by atoms with Crippen LogP contribution in [0.15, 0.2) is 48.5 Å². The molecular weight excluding hydrogens is 443 g/mol. The molecule has 6 nitrogen and oxygen atoms in total. The van der Waals surface area contributed by atoms with Crippen LogP contribution >= 0.6 is 11.6 Å². The first-order valence-electron chi connectivity index (χ1n) is 11.3. The lowest BCUT2D eigenvalue weighted by Crippen LogP contribution is -2.39. The van der Waals surface area contributed by atoms with Crippen LogP contribution in [0, 0.1) is 17.7 Å². The van der Waals surface area contributed by atoms with Gasteiger partial charge in [0.25, 0.3) is 5.91 Å². The molecule has 1 N–H and O–H groups in total. The minimum absolute atomic E-state index is 0.0293. The zero-order valence-corrected chi connectivity index (χ0v) is 19.8. The summed E-state index contributed by atoms with van der Waals surface area (Å²) in [5.74, 6) is -0.162. The quantitative estimate of drug-likeness (QED) is 0.694. The van der Waals surface area contributed by atoms with Crippen LogP contribution in [0.5, 0.6) is 0 Å². The molecule has 0 radical (unpaired) electrons. The maximum absolute atomic E-state index is 14.2. The number of benzene rings is 2. The molecule has 3 amide bonds. The minimum atomic E-state index is -0.571. The van der Waals surface area contributed by atoms with Gasteiger partial charge in [-0.15, -0.1) is 0 Å². The van der Waals surface area contributed by atoms with Crippen molar-refractivity contribution < 1.29 is 14.0 Å². The lowest BCUT2D eigenvalue weighted by Gasteiger charge is -2.26. The first kappa shape index (κ1) is 23.5. The highest BCUT2D eigenvalue weighted by Gasteiger charge is 2.42. The number of amides is 3. The molecule has 2 aliphatic heterocycles. The lowest BCUT2D eigenvalue weighted by molar-refractivity contribution is 0.0769. The van der Waals surface area contributed by atoms with E-state index in [2.05, 4.69) is 10.2 Å². The number of hydrogen-bond donors (Lipinski definition) is 1. The molecule has 0 saturated carbocycles. The second kappa shape index (κ2) is 10.1. The van der Waals surface area contributed by atoms with Gasteiger partial charge in [-0.25, -0.2) is 9.18 Å². The van der Waals surface area contributed by atoms with E-state index >= 15 is 0 Å². The number of likely N-dealkylation sites (tertiary alicyclic amines) is 2. The number of nitrogens with zero attached hydrogens (tertiary/aromatic N) is 3. The van der Waals surface area contributed by atoms with Crippen molar-refractivity contribution in [1.82, 2.24) is 20.0 Å². The van der Waals surface area contributed by atoms with Crippen LogP contribution in [-0.4, -0.2) is 73.5 Å². The number of halogens is 2. The molecule has 2 aromatic rings. The van der Waals surface area contributed by atoms with E-state index < -0.39 is 5.82 Å². The Morgan fingerprint density at radius 1 is 1.06 bits per heavy atom. The van der Waals surface area contributed by atoms with Crippen molar-refractivity contribution >= 4 is 23.5 Å². The monoisotopic (exact) mass is 472 g/mol. The van der Waals surface area contributed by atoms with Gasteiger partial charge in [0.1, 0.15) is 5.82 Å². The summed E-state index contributed by atoms with van der Waals surface area (Å²) >= 11 is 6.09. The van der Waals surface area contributed by atoms with Crippen molar-refractivity contribution in [2.24, 2.45) is 11.8 Å². The van der Waals surface area contributed by atoms with Gasteiger partial charge in [0.05, 0.1) is 16.6 Å². The van der Waals surface area contributed by atoms with Gasteiger partial charge < -0.3 is 20.0 Å². The summed E-state index contributed by atoms with van der Waals surface area (Å²) in [6.07, 6.45) is 0.802. The van der Waals surface area contributed by atoms with Crippen molar-refractivity contribution in [2.45, 2.75) is 12.5 Å². The number of rotatable bonds is 6. The average Bonchev–Trinajstić information content (AvgIpc) is 3.35. The van der Waals surface area contributed by atoms with E-state index in [4.69, 9.17) is 11.6 Å². The van der Waals surface area contributed by atoms with Crippen LogP contribution in [0.4, 0.5) is 9.18 Å². The van der Waals surface area contributed by atoms with E-state index in [9.17, 15) is 14.0 Å². The van der Waals surface area contributed by atoms with Gasteiger partial charge in [0, 0.05) is 46.8 Å². The fourth-order valence-corrected chi connectivity index (χ4v) is 5.14. The van der Waals surface area contributed by atoms with Gasteiger partial charge >= 0.3 is 6.03 Å². The molecule has 2 fully saturated rings. The highest BCUT2D eigenvalue weighted by molar-refractivity contribution is 6.33. The van der Waals surface area contributed by atoms with E-state index in [0.29, 0.717) is 24.9 Å². The number of nitrogens with one attached hydrogen (secondary N) is 1. The smallest absolute Gasteiger partial charge is 0.317 e. The summed E-state index contributed by atoms with van der Waals surface area (Å²) in [5.41, 5.74) is 1.06. The molecule has 0 bridgehead atoms. The average molecular weight is 473 g/mol. The van der Waals surface area contributed by atoms with Crippen LogP contribution in [0.3, 0.4) is 0 Å². The van der Waals surface area contributed by atoms with Crippen molar-refractivity contribution in [3.05, 3.63) is 70.5 Å². The summed E-state index contributed by atoms with van der Waals surface area (Å²) in [4.78, 5) is 30.8. The van der Waals surface area contributed by atoms with Crippen LogP contribution in [0.25, 0.3) is 0 Å². The molecule has 2 aromatic carbocycles. The topological polar surface area (TPSA) is 55.9 Å². The zero-order valence-electron chi connectivity index (χ0n) is 19.0. The van der Waals surface area contributed by atoms with Crippen LogP contribution < -0.4 is 5.32 Å². The number of fused-ring (bicyclic) bond motifs is 1. The molecule has 0 spiro atoms. The van der Waals surface area contributed by atoms with Gasteiger partial charge in [-0.2, -0.15) is 0 Å². The fraction of sp³-hybridized carbons (Fsp3) is 0.440. The highest BCUT2D eigenvalue weighted by Crippen LogP contribution is 2.33. The first-order chi connectivity index (χ1) is 15.8. The second-order valence-electron chi connectivity index (χ2n) is 9.18. The molecule has 0 aromatic heterocycles. The van der Waals surface area contributed by atoms with Crippen molar-refractivity contribution in [3.8, 4) is 0 Å². The molecule has 3 atom stereocenters. The molecule has 0 aliphatic carbocycles. The molecule has 4 rings (SSSR count). The Hall–Kier alpha value is -2.64. The Kier molecular flexibility index (Phi) is 7.20. The maximum Gasteiger partial charge on any atom is 0.317 e. The highest BCUT2D eigenvalue weighted by atomic mass is 35.5. The SMILES string of the molecule is CN(C)C(=O)NC(CCN1CC2CN(C(=O)c3c(F)cccc3Cl)CC2C1)c1ccccc1. The summed E-state index contributed by atoms with van der Waals surface area (Å²) < 4.78 is 14.2. The Bertz CT molecular complexity index is 969. The maximum atomic E-state index is 14.2. The summed E-state index contributed by atoms with van der Waals surface area (Å²) in [6.45, 7) is 3.87. The number of carbonyl (C=O) groups is 2. The van der Waals surface area contributed by atoms with E-state index in [0.717, 1.165) is 31.6 Å². The van der Waals surface area contributed by atoms with Gasteiger partial charge in [0.2, 0.25) is 0 Å². The molecule has 33 heavy (non-hydrogen) atoms. The summed E-state index contributed by atoms with van der Waals surface area (Å²) in [5, 5.41) is 3.28. The van der Waals surface area contributed by atoms with Crippen LogP contribution in [-0.2, 0) is 0 Å². The second-order valence-corrected chi connectivity index (χ2v) is 9.59. The predicted molar refractivity (Wildman–Crippen MR) is 127 cm³/mol. The Balaban J connectivity index is 1.34. The predicted octanol–water partition coefficient (Wildman–Crippen LogP) is 3.89. The third kappa shape index (κ3) is 5.31. The summed E-state index contributed by atoms with van der Waals surface area (Å²) in [6, 6.07) is 14.2. The van der Waals surface area contributed by atoms with E-state index in [1.165, 1.54) is 12.1 Å². The van der Waals surface area contributed by atoms with Crippen molar-refractivity contribution in [1.29, 1.82) is 0 Å². The standard InChI is InChI=1S/C25H30ClFN4O2/c1-29(2)25(33)28-22(17-7-4-3-5-8-17)11-12-30-13-18-15-31(16-19(18)14-30)24(32)23-20(26)9-6-10-21(23)27/h3-10,18-19,22H,11-16H2,1-2H3,(H,28,33). The summed E-state index contributed by atoms with van der Waals surface area (Å²) in [7, 11) is 3.47. The number of hydrogen-bond acceptors (Lipinski definition) is 3. The van der Waals surface area contributed by atoms with Gasteiger partial charge in [-0.1, -0.05) is 48.0 Å². The molecule has 2 aliphatic rings. The molecule has 8 heteroatoms. The van der Waals surface area contributed by atoms with Crippen LogP contribution in [0.1, 0.15) is 28.4 Å². The largest absolute Gasteiger partial charge is 0.338 e. The Morgan fingerprint density at radius 2 is 1.73 bits per heavy atom. The molecule has 3 unspecified atom stereocenters. The van der Waals surface area contributed by atoms with Gasteiger partial charge in [0.15, 0.2) is 0 Å². The lowest BCUT2D eigenvalue weighted by atomic mass is 10.0. The molecule has 176 valence electrons. The van der Waals surface area contributed by atoms with Crippen molar-refractivity contribution in [2.75, 3.05) is 46.8 Å². The molecular formula is C25H30ClFN4O2. The normalized spacial score (nSPS) is 21.0. The van der Waals surface area contributed by atoms with Crippen molar-refractivity contribution in [3.63, 3.8) is 0 Å². The Labute approximate surface area is 199 Å². The molecule has 2 heterocycles. The fourth-order valence-electron chi connectivity index (χ4n) is 4.90. The molecule has 2 saturated heterocycles. The zero-order chi connectivity index (χ0) is 23.5. The third-order valence-corrected chi connectivity index (χ3v) is 6.98. The van der Waals surface area contributed by atoms with E-state index in [-0.39, 0.29) is 28.6 Å².